The van der Waals surface area contributed by atoms with Gasteiger partial charge in [0.1, 0.15) is 0 Å². The molecule has 2 N–H and O–H groups in total. The van der Waals surface area contributed by atoms with Crippen LogP contribution in [0.2, 0.25) is 0 Å². The summed E-state index contributed by atoms with van der Waals surface area (Å²) in [6.07, 6.45) is 3.65. The molecule has 5 heteroatoms. The Bertz CT molecular complexity index is 497. The molecule has 1 unspecified atom stereocenters. The van der Waals surface area contributed by atoms with Gasteiger partial charge in [0.25, 0.3) is 0 Å². The second-order valence-corrected chi connectivity index (χ2v) is 4.43. The van der Waals surface area contributed by atoms with Crippen molar-refractivity contribution in [2.24, 2.45) is 19.8 Å². The van der Waals surface area contributed by atoms with Crippen molar-refractivity contribution in [2.45, 2.75) is 25.8 Å². The lowest BCUT2D eigenvalue weighted by Gasteiger charge is -2.11. The highest BCUT2D eigenvalue weighted by Gasteiger charge is 2.12. The summed E-state index contributed by atoms with van der Waals surface area (Å²) in [5, 5.41) is 8.46. The van der Waals surface area contributed by atoms with Gasteiger partial charge >= 0.3 is 0 Å². The predicted octanol–water partition coefficient (Wildman–Crippen LogP) is 1.09. The Morgan fingerprint density at radius 3 is 2.65 bits per heavy atom. The monoisotopic (exact) mass is 233 g/mol. The molecule has 0 aliphatic carbocycles. The summed E-state index contributed by atoms with van der Waals surface area (Å²) in [5.41, 5.74) is 9.49. The first-order valence-corrected chi connectivity index (χ1v) is 5.81. The van der Waals surface area contributed by atoms with Gasteiger partial charge in [0.05, 0.1) is 11.4 Å². The van der Waals surface area contributed by atoms with Crippen LogP contribution in [0.3, 0.4) is 0 Å². The molecule has 0 fully saturated rings. The summed E-state index contributed by atoms with van der Waals surface area (Å²) in [4.78, 5) is 0. The van der Waals surface area contributed by atoms with Crippen LogP contribution >= 0.6 is 0 Å². The fourth-order valence-corrected chi connectivity index (χ4v) is 2.08. The van der Waals surface area contributed by atoms with E-state index in [0.717, 1.165) is 24.2 Å². The number of nitrogens with zero attached hydrogens (tertiary/aromatic N) is 4. The fourth-order valence-electron chi connectivity index (χ4n) is 2.08. The van der Waals surface area contributed by atoms with Crippen LogP contribution in [0.25, 0.3) is 0 Å². The highest BCUT2D eigenvalue weighted by molar-refractivity contribution is 5.13. The van der Waals surface area contributed by atoms with Gasteiger partial charge in [-0.05, 0) is 31.9 Å². The third-order valence-electron chi connectivity index (χ3n) is 3.05. The highest BCUT2D eigenvalue weighted by Crippen LogP contribution is 2.16. The van der Waals surface area contributed by atoms with E-state index in [1.54, 1.807) is 0 Å². The van der Waals surface area contributed by atoms with E-state index in [1.165, 1.54) is 5.69 Å². The van der Waals surface area contributed by atoms with Gasteiger partial charge in [-0.1, -0.05) is 0 Å². The molecule has 0 aliphatic rings. The number of hydrogen-bond acceptors (Lipinski definition) is 3. The number of hydrogen-bond donors (Lipinski definition) is 1. The topological polar surface area (TPSA) is 61.7 Å². The van der Waals surface area contributed by atoms with E-state index in [4.69, 9.17) is 5.73 Å². The minimum atomic E-state index is 0.0242. The summed E-state index contributed by atoms with van der Waals surface area (Å²) in [7, 11) is 3.89. The minimum Gasteiger partial charge on any atom is -0.323 e. The molecule has 0 aliphatic heterocycles. The summed E-state index contributed by atoms with van der Waals surface area (Å²) >= 11 is 0. The summed E-state index contributed by atoms with van der Waals surface area (Å²) in [6, 6.07) is 4.10. The maximum atomic E-state index is 6.19. The first kappa shape index (κ1) is 11.9. The second-order valence-electron chi connectivity index (χ2n) is 4.43. The number of nitrogens with two attached hydrogens (primary N) is 1. The van der Waals surface area contributed by atoms with Crippen molar-refractivity contribution in [3.8, 4) is 0 Å². The van der Waals surface area contributed by atoms with Crippen molar-refractivity contribution in [3.05, 3.63) is 35.4 Å². The molecule has 1 atom stereocenters. The number of aromatic nitrogens is 4. The first-order valence-electron chi connectivity index (χ1n) is 5.81. The zero-order valence-corrected chi connectivity index (χ0v) is 10.6. The summed E-state index contributed by atoms with van der Waals surface area (Å²) < 4.78 is 3.75. The summed E-state index contributed by atoms with van der Waals surface area (Å²) in [6.45, 7) is 1.98. The van der Waals surface area contributed by atoms with Gasteiger partial charge in [0, 0.05) is 32.0 Å². The molecule has 17 heavy (non-hydrogen) atoms. The average Bonchev–Trinajstić information content (AvgIpc) is 2.81. The lowest BCUT2D eigenvalue weighted by molar-refractivity contribution is 0.566. The zero-order chi connectivity index (χ0) is 12.4. The molecule has 0 saturated heterocycles. The van der Waals surface area contributed by atoms with E-state index in [1.807, 2.05) is 48.7 Å². The Hall–Kier alpha value is -1.62. The van der Waals surface area contributed by atoms with Crippen molar-refractivity contribution in [1.29, 1.82) is 0 Å². The molecule has 0 spiro atoms. The third kappa shape index (κ3) is 2.55. The minimum absolute atomic E-state index is 0.0242. The predicted molar refractivity (Wildman–Crippen MR) is 66.4 cm³/mol. The van der Waals surface area contributed by atoms with Gasteiger partial charge < -0.3 is 5.73 Å². The Labute approximate surface area is 101 Å². The molecular formula is C12H19N5. The van der Waals surface area contributed by atoms with Crippen molar-refractivity contribution >= 4 is 0 Å². The van der Waals surface area contributed by atoms with Crippen LogP contribution in [0.4, 0.5) is 0 Å². The van der Waals surface area contributed by atoms with Crippen LogP contribution in [0.15, 0.2) is 18.3 Å². The maximum Gasteiger partial charge on any atom is 0.0597 e. The molecule has 2 aromatic heterocycles. The van der Waals surface area contributed by atoms with Crippen LogP contribution in [-0.4, -0.2) is 19.6 Å². The molecular weight excluding hydrogens is 214 g/mol. The fraction of sp³-hybridized carbons (Fsp3) is 0.500. The molecule has 0 radical (unpaired) electrons. The lowest BCUT2D eigenvalue weighted by atomic mass is 10.1. The van der Waals surface area contributed by atoms with E-state index in [-0.39, 0.29) is 6.04 Å². The van der Waals surface area contributed by atoms with Gasteiger partial charge in [-0.3, -0.25) is 9.36 Å². The SMILES string of the molecule is Cc1cc(C(N)CCc2ccnn2C)n(C)n1. The van der Waals surface area contributed by atoms with Crippen LogP contribution < -0.4 is 5.73 Å². The quantitative estimate of drug-likeness (QED) is 0.860. The Morgan fingerprint density at radius 1 is 1.35 bits per heavy atom. The number of rotatable bonds is 4. The van der Waals surface area contributed by atoms with Gasteiger partial charge in [0.15, 0.2) is 0 Å². The van der Waals surface area contributed by atoms with Crippen LogP contribution in [-0.2, 0) is 20.5 Å². The Morgan fingerprint density at radius 2 is 2.12 bits per heavy atom. The first-order chi connectivity index (χ1) is 8.08. The summed E-state index contributed by atoms with van der Waals surface area (Å²) in [5.74, 6) is 0. The van der Waals surface area contributed by atoms with E-state index >= 15 is 0 Å². The number of aryl methyl sites for hydroxylation is 4. The normalized spacial score (nSPS) is 12.9. The maximum absolute atomic E-state index is 6.19. The van der Waals surface area contributed by atoms with E-state index < -0.39 is 0 Å². The van der Waals surface area contributed by atoms with Crippen LogP contribution in [0.1, 0.15) is 29.5 Å². The smallest absolute Gasteiger partial charge is 0.0597 e. The molecule has 2 aromatic rings. The van der Waals surface area contributed by atoms with Crippen molar-refractivity contribution < 1.29 is 0 Å². The van der Waals surface area contributed by atoms with E-state index in [0.29, 0.717) is 0 Å². The average molecular weight is 233 g/mol. The van der Waals surface area contributed by atoms with Gasteiger partial charge in [-0.2, -0.15) is 10.2 Å². The molecule has 2 rings (SSSR count). The zero-order valence-electron chi connectivity index (χ0n) is 10.6. The van der Waals surface area contributed by atoms with Gasteiger partial charge in [-0.15, -0.1) is 0 Å². The van der Waals surface area contributed by atoms with Crippen LogP contribution in [0, 0.1) is 6.92 Å². The van der Waals surface area contributed by atoms with Crippen molar-refractivity contribution in [2.75, 3.05) is 0 Å². The third-order valence-corrected chi connectivity index (χ3v) is 3.05. The van der Waals surface area contributed by atoms with Crippen molar-refractivity contribution in [3.63, 3.8) is 0 Å². The second kappa shape index (κ2) is 4.71. The molecule has 0 aromatic carbocycles. The molecule has 92 valence electrons. The molecule has 2 heterocycles. The van der Waals surface area contributed by atoms with Crippen LogP contribution in [0.5, 0.6) is 0 Å². The molecule has 0 amide bonds. The van der Waals surface area contributed by atoms with Gasteiger partial charge in [-0.25, -0.2) is 0 Å². The molecule has 5 nitrogen and oxygen atoms in total. The molecule has 0 bridgehead atoms. The van der Waals surface area contributed by atoms with Crippen molar-refractivity contribution in [1.82, 2.24) is 19.6 Å². The Balaban J connectivity index is 2.00. The van der Waals surface area contributed by atoms with E-state index in [2.05, 4.69) is 10.2 Å². The standard InChI is InChI=1S/C12H19N5/c1-9-8-12(17(3)15-9)11(13)5-4-10-6-7-14-16(10)2/h6-8,11H,4-5,13H2,1-3H3. The largest absolute Gasteiger partial charge is 0.323 e. The Kier molecular flexibility index (Phi) is 3.28. The van der Waals surface area contributed by atoms with E-state index in [9.17, 15) is 0 Å². The molecule has 0 saturated carbocycles. The highest BCUT2D eigenvalue weighted by atomic mass is 15.3. The van der Waals surface area contributed by atoms with Gasteiger partial charge in [0.2, 0.25) is 0 Å². The lowest BCUT2D eigenvalue weighted by Crippen LogP contribution is -2.16.